The van der Waals surface area contributed by atoms with E-state index < -0.39 is 5.97 Å². The Hall–Kier alpha value is -1.30. The molecule has 18 heavy (non-hydrogen) atoms. The summed E-state index contributed by atoms with van der Waals surface area (Å²) in [6.07, 6.45) is 1.94. The third kappa shape index (κ3) is 4.18. The van der Waals surface area contributed by atoms with Crippen LogP contribution in [0.25, 0.3) is 0 Å². The molecule has 0 radical (unpaired) electrons. The number of carbonyl (C=O) groups excluding carboxylic acids is 1. The Balaban J connectivity index is 2.42. The quantitative estimate of drug-likeness (QED) is 0.798. The van der Waals surface area contributed by atoms with Gasteiger partial charge in [-0.2, -0.15) is 0 Å². The van der Waals surface area contributed by atoms with E-state index in [2.05, 4.69) is 11.9 Å². The van der Waals surface area contributed by atoms with Gasteiger partial charge in [-0.05, 0) is 33.0 Å². The van der Waals surface area contributed by atoms with E-state index in [9.17, 15) is 9.59 Å². The molecular weight excluding hydrogens is 234 g/mol. The number of hydrogen-bond donors (Lipinski definition) is 1. The molecule has 1 saturated heterocycles. The predicted octanol–water partition coefficient (Wildman–Crippen LogP) is 0.539. The van der Waals surface area contributed by atoms with E-state index in [1.54, 1.807) is 19.0 Å². The zero-order chi connectivity index (χ0) is 13.7. The number of aliphatic carboxylic acids is 1. The Labute approximate surface area is 108 Å². The Bertz CT molecular complexity index is 301. The van der Waals surface area contributed by atoms with Crippen molar-refractivity contribution in [3.63, 3.8) is 0 Å². The number of carbonyl (C=O) groups is 2. The maximum Gasteiger partial charge on any atom is 0.319 e. The van der Waals surface area contributed by atoms with Crippen LogP contribution >= 0.6 is 0 Å². The molecule has 1 aliphatic rings. The molecule has 0 aromatic heterocycles. The van der Waals surface area contributed by atoms with Crippen LogP contribution in [0.3, 0.4) is 0 Å². The molecule has 0 aromatic rings. The van der Waals surface area contributed by atoms with Gasteiger partial charge in [-0.25, -0.2) is 4.79 Å². The summed E-state index contributed by atoms with van der Waals surface area (Å²) in [6, 6.07) is 0.173. The van der Waals surface area contributed by atoms with Crippen molar-refractivity contribution in [1.29, 1.82) is 0 Å². The molecule has 1 rings (SSSR count). The van der Waals surface area contributed by atoms with E-state index in [1.165, 1.54) is 4.90 Å². The molecule has 1 heterocycles. The minimum Gasteiger partial charge on any atom is -0.481 e. The number of rotatable bonds is 4. The molecule has 6 nitrogen and oxygen atoms in total. The van der Waals surface area contributed by atoms with Gasteiger partial charge in [-0.15, -0.1) is 0 Å². The van der Waals surface area contributed by atoms with Crippen LogP contribution in [0.4, 0.5) is 4.79 Å². The standard InChI is InChI=1S/C12H23N3O3/c1-13-7-4-10(5-8-13)15(3)12(18)14(2)9-6-11(16)17/h10H,4-9H2,1-3H3,(H,16,17). The lowest BCUT2D eigenvalue weighted by molar-refractivity contribution is -0.137. The number of carboxylic acids is 1. The monoisotopic (exact) mass is 257 g/mol. The summed E-state index contributed by atoms with van der Waals surface area (Å²) in [6.45, 7) is 2.26. The highest BCUT2D eigenvalue weighted by Crippen LogP contribution is 2.15. The second-order valence-electron chi connectivity index (χ2n) is 4.99. The summed E-state index contributed by atoms with van der Waals surface area (Å²) in [5.74, 6) is -0.878. The van der Waals surface area contributed by atoms with Gasteiger partial charge in [0.05, 0.1) is 6.42 Å². The third-order valence-electron chi connectivity index (χ3n) is 3.53. The van der Waals surface area contributed by atoms with E-state index in [0.29, 0.717) is 0 Å². The summed E-state index contributed by atoms with van der Waals surface area (Å²) in [5.41, 5.74) is 0. The smallest absolute Gasteiger partial charge is 0.319 e. The lowest BCUT2D eigenvalue weighted by Crippen LogP contribution is -2.48. The number of urea groups is 1. The number of amides is 2. The average molecular weight is 257 g/mol. The molecule has 0 spiro atoms. The lowest BCUT2D eigenvalue weighted by atomic mass is 10.0. The lowest BCUT2D eigenvalue weighted by Gasteiger charge is -2.36. The summed E-state index contributed by atoms with van der Waals surface area (Å²) in [4.78, 5) is 28.0. The van der Waals surface area contributed by atoms with Gasteiger partial charge < -0.3 is 19.8 Å². The number of piperidine rings is 1. The molecule has 0 aliphatic carbocycles. The Morgan fingerprint density at radius 3 is 2.33 bits per heavy atom. The largest absolute Gasteiger partial charge is 0.481 e. The average Bonchev–Trinajstić information content (AvgIpc) is 2.35. The summed E-state index contributed by atoms with van der Waals surface area (Å²) >= 11 is 0. The zero-order valence-electron chi connectivity index (χ0n) is 11.4. The third-order valence-corrected chi connectivity index (χ3v) is 3.53. The highest BCUT2D eigenvalue weighted by Gasteiger charge is 2.25. The second kappa shape index (κ2) is 6.58. The van der Waals surface area contributed by atoms with Crippen LogP contribution in [0.15, 0.2) is 0 Å². The van der Waals surface area contributed by atoms with Gasteiger partial charge in [0.1, 0.15) is 0 Å². The summed E-state index contributed by atoms with van der Waals surface area (Å²) < 4.78 is 0. The van der Waals surface area contributed by atoms with E-state index in [0.717, 1.165) is 25.9 Å². The van der Waals surface area contributed by atoms with Crippen molar-refractivity contribution in [3.05, 3.63) is 0 Å². The second-order valence-corrected chi connectivity index (χ2v) is 4.99. The van der Waals surface area contributed by atoms with Crippen molar-refractivity contribution < 1.29 is 14.7 Å². The molecule has 0 saturated carbocycles. The first kappa shape index (κ1) is 14.8. The van der Waals surface area contributed by atoms with Gasteiger partial charge in [0.2, 0.25) is 0 Å². The van der Waals surface area contributed by atoms with Gasteiger partial charge in [0, 0.05) is 26.7 Å². The maximum absolute atomic E-state index is 12.1. The van der Waals surface area contributed by atoms with Crippen LogP contribution < -0.4 is 0 Å². The van der Waals surface area contributed by atoms with Crippen LogP contribution in [0.5, 0.6) is 0 Å². The van der Waals surface area contributed by atoms with Gasteiger partial charge in [-0.3, -0.25) is 4.79 Å². The maximum atomic E-state index is 12.1. The first-order valence-electron chi connectivity index (χ1n) is 6.30. The summed E-state index contributed by atoms with van der Waals surface area (Å²) in [7, 11) is 5.53. The minimum absolute atomic E-state index is 0.0104. The number of carboxylic acid groups (broad SMARTS) is 1. The van der Waals surface area contributed by atoms with Crippen molar-refractivity contribution in [2.45, 2.75) is 25.3 Å². The minimum atomic E-state index is -0.878. The number of hydrogen-bond acceptors (Lipinski definition) is 3. The predicted molar refractivity (Wildman–Crippen MR) is 68.6 cm³/mol. The van der Waals surface area contributed by atoms with Crippen molar-refractivity contribution in [2.24, 2.45) is 0 Å². The number of nitrogens with zero attached hydrogens (tertiary/aromatic N) is 3. The Morgan fingerprint density at radius 1 is 1.28 bits per heavy atom. The topological polar surface area (TPSA) is 64.1 Å². The first-order valence-corrected chi connectivity index (χ1v) is 6.30. The normalized spacial score (nSPS) is 17.5. The van der Waals surface area contributed by atoms with Gasteiger partial charge >= 0.3 is 12.0 Å². The van der Waals surface area contributed by atoms with Crippen LogP contribution in [0.1, 0.15) is 19.3 Å². The molecule has 1 fully saturated rings. The Kier molecular flexibility index (Phi) is 5.40. The van der Waals surface area contributed by atoms with Crippen molar-refractivity contribution in [1.82, 2.24) is 14.7 Å². The number of likely N-dealkylation sites (tertiary alicyclic amines) is 1. The zero-order valence-corrected chi connectivity index (χ0v) is 11.4. The van der Waals surface area contributed by atoms with E-state index >= 15 is 0 Å². The van der Waals surface area contributed by atoms with Crippen LogP contribution in [0.2, 0.25) is 0 Å². The Morgan fingerprint density at radius 2 is 1.83 bits per heavy atom. The molecule has 0 bridgehead atoms. The van der Waals surface area contributed by atoms with Crippen molar-refractivity contribution in [3.8, 4) is 0 Å². The molecule has 1 aliphatic heterocycles. The fraction of sp³-hybridized carbons (Fsp3) is 0.833. The van der Waals surface area contributed by atoms with Gasteiger partial charge in [-0.1, -0.05) is 0 Å². The highest BCUT2D eigenvalue weighted by molar-refractivity contribution is 5.75. The van der Waals surface area contributed by atoms with E-state index in [-0.39, 0.29) is 25.0 Å². The van der Waals surface area contributed by atoms with Crippen LogP contribution in [-0.2, 0) is 4.79 Å². The molecule has 1 N–H and O–H groups in total. The SMILES string of the molecule is CN1CCC(N(C)C(=O)N(C)CCC(=O)O)CC1. The molecule has 6 heteroatoms. The molecule has 0 atom stereocenters. The van der Waals surface area contributed by atoms with E-state index in [4.69, 9.17) is 5.11 Å². The highest BCUT2D eigenvalue weighted by atomic mass is 16.4. The van der Waals surface area contributed by atoms with Crippen LogP contribution in [-0.4, -0.2) is 78.6 Å². The van der Waals surface area contributed by atoms with Gasteiger partial charge in [0.15, 0.2) is 0 Å². The molecule has 2 amide bonds. The molecule has 0 aromatic carbocycles. The van der Waals surface area contributed by atoms with Crippen molar-refractivity contribution >= 4 is 12.0 Å². The summed E-state index contributed by atoms with van der Waals surface area (Å²) in [5, 5.41) is 8.60. The molecular formula is C12H23N3O3. The fourth-order valence-corrected chi connectivity index (χ4v) is 2.17. The molecule has 0 unspecified atom stereocenters. The van der Waals surface area contributed by atoms with Crippen LogP contribution in [0, 0.1) is 0 Å². The first-order chi connectivity index (χ1) is 8.41. The molecule has 104 valence electrons. The van der Waals surface area contributed by atoms with Gasteiger partial charge in [0.25, 0.3) is 0 Å². The van der Waals surface area contributed by atoms with E-state index in [1.807, 2.05) is 0 Å². The fourth-order valence-electron chi connectivity index (χ4n) is 2.17. The van der Waals surface area contributed by atoms with Crippen molar-refractivity contribution in [2.75, 3.05) is 40.8 Å².